The molecule has 1 amide bonds. The third-order valence-electron chi connectivity index (χ3n) is 4.04. The number of thiophene rings is 1. The van der Waals surface area contributed by atoms with Gasteiger partial charge in [-0.15, -0.1) is 0 Å². The second kappa shape index (κ2) is 5.02. The Bertz CT molecular complexity index is 413. The zero-order chi connectivity index (χ0) is 12.5. The molecule has 1 aliphatic carbocycles. The lowest BCUT2D eigenvalue weighted by Gasteiger charge is -2.26. The number of nitrogens with zero attached hydrogens (tertiary/aromatic N) is 1. The van der Waals surface area contributed by atoms with E-state index < -0.39 is 0 Å². The van der Waals surface area contributed by atoms with Crippen molar-refractivity contribution < 1.29 is 4.79 Å². The topological polar surface area (TPSA) is 32.3 Å². The molecule has 2 heterocycles. The summed E-state index contributed by atoms with van der Waals surface area (Å²) in [7, 11) is 0. The predicted octanol–water partition coefficient (Wildman–Crippen LogP) is 2.09. The molecule has 2 atom stereocenters. The molecule has 1 aromatic rings. The van der Waals surface area contributed by atoms with Gasteiger partial charge in [-0.3, -0.25) is 4.79 Å². The lowest BCUT2D eigenvalue weighted by atomic mass is 9.96. The van der Waals surface area contributed by atoms with Crippen molar-refractivity contribution in [3.8, 4) is 0 Å². The summed E-state index contributed by atoms with van der Waals surface area (Å²) in [5.41, 5.74) is 1.28. The van der Waals surface area contributed by atoms with E-state index in [0.717, 1.165) is 19.6 Å². The molecule has 1 saturated carbocycles. The van der Waals surface area contributed by atoms with E-state index >= 15 is 0 Å². The monoisotopic (exact) mass is 264 g/mol. The van der Waals surface area contributed by atoms with Gasteiger partial charge in [-0.25, -0.2) is 0 Å². The number of carbonyl (C=O) groups is 1. The van der Waals surface area contributed by atoms with Crippen molar-refractivity contribution in [3.63, 3.8) is 0 Å². The largest absolute Gasteiger partial charge is 0.335 e. The zero-order valence-corrected chi connectivity index (χ0v) is 11.6. The number of hydrogen-bond acceptors (Lipinski definition) is 3. The summed E-state index contributed by atoms with van der Waals surface area (Å²) < 4.78 is 0. The maximum atomic E-state index is 12.7. The van der Waals surface area contributed by atoms with Gasteiger partial charge in [0.2, 0.25) is 5.91 Å². The first-order valence-corrected chi connectivity index (χ1v) is 7.72. The number of rotatable bonds is 4. The van der Waals surface area contributed by atoms with Crippen molar-refractivity contribution in [3.05, 3.63) is 22.4 Å². The van der Waals surface area contributed by atoms with E-state index in [4.69, 9.17) is 0 Å². The van der Waals surface area contributed by atoms with Gasteiger partial charge in [0.1, 0.15) is 0 Å². The summed E-state index contributed by atoms with van der Waals surface area (Å²) in [4.78, 5) is 14.8. The van der Waals surface area contributed by atoms with Crippen LogP contribution in [-0.2, 0) is 11.3 Å². The Morgan fingerprint density at radius 1 is 1.50 bits per heavy atom. The fourth-order valence-corrected chi connectivity index (χ4v) is 3.37. The average molecular weight is 264 g/mol. The van der Waals surface area contributed by atoms with Crippen LogP contribution in [0.2, 0.25) is 0 Å². The molecule has 2 fully saturated rings. The van der Waals surface area contributed by atoms with Crippen LogP contribution in [0.25, 0.3) is 0 Å². The van der Waals surface area contributed by atoms with Crippen LogP contribution >= 0.6 is 11.3 Å². The van der Waals surface area contributed by atoms with Gasteiger partial charge in [0.25, 0.3) is 0 Å². The summed E-state index contributed by atoms with van der Waals surface area (Å²) >= 11 is 1.71. The highest BCUT2D eigenvalue weighted by Crippen LogP contribution is 2.32. The van der Waals surface area contributed by atoms with E-state index in [1.165, 1.54) is 18.4 Å². The molecule has 0 spiro atoms. The molecule has 3 rings (SSSR count). The Morgan fingerprint density at radius 2 is 2.33 bits per heavy atom. The Labute approximate surface area is 112 Å². The lowest BCUT2D eigenvalue weighted by Crippen LogP contribution is -2.39. The summed E-state index contributed by atoms with van der Waals surface area (Å²) in [5.74, 6) is 1.02. The molecule has 98 valence electrons. The van der Waals surface area contributed by atoms with E-state index in [-0.39, 0.29) is 5.92 Å². The van der Waals surface area contributed by atoms with Crippen molar-refractivity contribution in [1.82, 2.24) is 10.2 Å². The van der Waals surface area contributed by atoms with Crippen molar-refractivity contribution >= 4 is 17.2 Å². The highest BCUT2D eigenvalue weighted by atomic mass is 32.1. The van der Waals surface area contributed by atoms with E-state index in [1.807, 2.05) is 0 Å². The van der Waals surface area contributed by atoms with Crippen molar-refractivity contribution in [1.29, 1.82) is 0 Å². The van der Waals surface area contributed by atoms with Gasteiger partial charge in [-0.05, 0) is 47.7 Å². The average Bonchev–Trinajstić information content (AvgIpc) is 2.89. The second-order valence-corrected chi connectivity index (χ2v) is 6.35. The van der Waals surface area contributed by atoms with E-state index in [1.54, 1.807) is 11.3 Å². The summed E-state index contributed by atoms with van der Waals surface area (Å²) in [5, 5.41) is 7.57. The van der Waals surface area contributed by atoms with E-state index in [0.29, 0.717) is 17.9 Å². The zero-order valence-electron chi connectivity index (χ0n) is 10.8. The first-order chi connectivity index (χ1) is 8.75. The van der Waals surface area contributed by atoms with Gasteiger partial charge in [-0.1, -0.05) is 6.92 Å². The smallest absolute Gasteiger partial charge is 0.227 e. The highest BCUT2D eigenvalue weighted by molar-refractivity contribution is 7.07. The number of carbonyl (C=O) groups excluding carboxylic acids is 1. The van der Waals surface area contributed by atoms with Gasteiger partial charge < -0.3 is 10.2 Å². The summed E-state index contributed by atoms with van der Waals surface area (Å²) in [6, 6.07) is 2.63. The van der Waals surface area contributed by atoms with Crippen LogP contribution in [0.4, 0.5) is 0 Å². The Morgan fingerprint density at radius 3 is 2.89 bits per heavy atom. The maximum absolute atomic E-state index is 12.7. The predicted molar refractivity (Wildman–Crippen MR) is 73.4 cm³/mol. The van der Waals surface area contributed by atoms with Crippen LogP contribution < -0.4 is 5.32 Å². The molecule has 0 aromatic carbocycles. The lowest BCUT2D eigenvalue weighted by molar-refractivity contribution is -0.137. The number of hydrogen-bond donors (Lipinski definition) is 1. The Kier molecular flexibility index (Phi) is 3.39. The molecule has 1 aliphatic heterocycles. The molecule has 1 N–H and O–H groups in total. The SMILES string of the molecule is CC1CNCC1C(=O)N(Cc1ccsc1)C1CC1. The minimum atomic E-state index is 0.184. The van der Waals surface area contributed by atoms with Crippen LogP contribution in [0, 0.1) is 11.8 Å². The molecule has 4 heteroatoms. The molecule has 18 heavy (non-hydrogen) atoms. The standard InChI is InChI=1S/C14H20N2OS/c1-10-6-15-7-13(10)14(17)16(12-2-3-12)8-11-4-5-18-9-11/h4-5,9-10,12-13,15H,2-3,6-8H2,1H3. The number of nitrogens with one attached hydrogen (secondary N) is 1. The van der Waals surface area contributed by atoms with Gasteiger partial charge in [0.15, 0.2) is 0 Å². The van der Waals surface area contributed by atoms with Crippen LogP contribution in [0.15, 0.2) is 16.8 Å². The third-order valence-corrected chi connectivity index (χ3v) is 4.77. The molecule has 1 aromatic heterocycles. The number of amides is 1. The normalized spacial score (nSPS) is 27.4. The van der Waals surface area contributed by atoms with Crippen LogP contribution in [0.5, 0.6) is 0 Å². The minimum absolute atomic E-state index is 0.184. The van der Waals surface area contributed by atoms with Gasteiger partial charge in [0.05, 0.1) is 5.92 Å². The molecule has 1 saturated heterocycles. The van der Waals surface area contributed by atoms with Crippen LogP contribution in [0.3, 0.4) is 0 Å². The Balaban J connectivity index is 1.71. The van der Waals surface area contributed by atoms with Crippen LogP contribution in [-0.4, -0.2) is 29.9 Å². The fourth-order valence-electron chi connectivity index (χ4n) is 2.71. The summed E-state index contributed by atoms with van der Waals surface area (Å²) in [6.45, 7) is 4.81. The molecular formula is C14H20N2OS. The first-order valence-electron chi connectivity index (χ1n) is 6.78. The quantitative estimate of drug-likeness (QED) is 0.903. The molecule has 0 bridgehead atoms. The molecule has 0 radical (unpaired) electrons. The molecule has 2 aliphatic rings. The first kappa shape index (κ1) is 12.2. The van der Waals surface area contributed by atoms with Crippen molar-refractivity contribution in [2.75, 3.05) is 13.1 Å². The van der Waals surface area contributed by atoms with Crippen molar-refractivity contribution in [2.24, 2.45) is 11.8 Å². The second-order valence-electron chi connectivity index (χ2n) is 5.57. The summed E-state index contributed by atoms with van der Waals surface area (Å²) in [6.07, 6.45) is 2.37. The van der Waals surface area contributed by atoms with E-state index in [9.17, 15) is 4.79 Å². The molecule has 3 nitrogen and oxygen atoms in total. The van der Waals surface area contributed by atoms with E-state index in [2.05, 4.69) is 34.0 Å². The molecule has 2 unspecified atom stereocenters. The Hall–Kier alpha value is -0.870. The maximum Gasteiger partial charge on any atom is 0.227 e. The van der Waals surface area contributed by atoms with Crippen LogP contribution in [0.1, 0.15) is 25.3 Å². The van der Waals surface area contributed by atoms with Gasteiger partial charge in [-0.2, -0.15) is 11.3 Å². The van der Waals surface area contributed by atoms with Gasteiger partial charge >= 0.3 is 0 Å². The van der Waals surface area contributed by atoms with Crippen molar-refractivity contribution in [2.45, 2.75) is 32.4 Å². The molecular weight excluding hydrogens is 244 g/mol. The minimum Gasteiger partial charge on any atom is -0.335 e. The highest BCUT2D eigenvalue weighted by Gasteiger charge is 2.39. The third kappa shape index (κ3) is 2.45. The van der Waals surface area contributed by atoms with Gasteiger partial charge in [0, 0.05) is 19.1 Å². The fraction of sp³-hybridized carbons (Fsp3) is 0.643.